The number of benzene rings is 9. The van der Waals surface area contributed by atoms with Gasteiger partial charge in [0.15, 0.2) is 0 Å². The van der Waals surface area contributed by atoms with Crippen LogP contribution in [-0.4, -0.2) is 0 Å². The highest BCUT2D eigenvalue weighted by Gasteiger charge is 2.20. The maximum absolute atomic E-state index is 2.37. The van der Waals surface area contributed by atoms with Gasteiger partial charge in [0.05, 0.1) is 11.4 Å². The largest absolute Gasteiger partial charge is 0.311 e. The van der Waals surface area contributed by atoms with E-state index in [1.807, 2.05) is 0 Å². The molecule has 0 unspecified atom stereocenters. The van der Waals surface area contributed by atoms with Gasteiger partial charge in [-0.15, -0.1) is 0 Å². The molecule has 0 saturated carbocycles. The average Bonchev–Trinajstić information content (AvgIpc) is 3.24. The van der Waals surface area contributed by atoms with Crippen LogP contribution in [0.2, 0.25) is 0 Å². The van der Waals surface area contributed by atoms with Crippen LogP contribution in [0.4, 0.5) is 51.2 Å². The van der Waals surface area contributed by atoms with Gasteiger partial charge in [0.25, 0.3) is 0 Å². The molecule has 9 aromatic carbocycles. The topological polar surface area (TPSA) is 9.72 Å². The van der Waals surface area contributed by atoms with E-state index >= 15 is 0 Å². The van der Waals surface area contributed by atoms with Crippen molar-refractivity contribution in [2.45, 2.75) is 0 Å². The maximum Gasteiger partial charge on any atom is 0.0540 e. The molecule has 0 amide bonds. The number of fused-ring (bicyclic) bond motifs is 2. The minimum absolute atomic E-state index is 1.08. The molecule has 0 aliphatic rings. The number of hydrogen-bond donors (Lipinski definition) is 0. The van der Waals surface area contributed by atoms with Gasteiger partial charge in [0, 0.05) is 50.6 Å². The first-order valence-electron chi connectivity index (χ1n) is 18.0. The SMILES string of the molecule is c1ccc(N(c2ccccc2)c2ccc(N(c3ccc(N(c4ccccc4)c4cccc5ccccc45)cc3)c3cccc4ccccc34)cc2)cc1. The van der Waals surface area contributed by atoms with Crippen LogP contribution in [0.3, 0.4) is 0 Å². The molecule has 0 spiro atoms. The molecule has 3 nitrogen and oxygen atoms in total. The fraction of sp³-hybridized carbons (Fsp3) is 0. The summed E-state index contributed by atoms with van der Waals surface area (Å²) in [6.45, 7) is 0. The van der Waals surface area contributed by atoms with Crippen molar-refractivity contribution in [2.24, 2.45) is 0 Å². The number of hydrogen-bond acceptors (Lipinski definition) is 3. The predicted molar refractivity (Wildman–Crippen MR) is 226 cm³/mol. The van der Waals surface area contributed by atoms with E-state index in [4.69, 9.17) is 0 Å². The molecule has 0 saturated heterocycles. The van der Waals surface area contributed by atoms with Gasteiger partial charge in [-0.2, -0.15) is 0 Å². The molecule has 0 radical (unpaired) electrons. The molecule has 0 aromatic heterocycles. The standard InChI is InChI=1S/C50H37N3/c1-4-20-40(21-5-1)51(41-22-6-2-7-23-41)43-30-32-45(33-31-43)53(50-29-15-19-39-17-11-13-27-48(39)50)46-36-34-44(35-37-46)52(42-24-8-3-9-25-42)49-28-14-18-38-16-10-12-26-47(38)49/h1-37H. The van der Waals surface area contributed by atoms with Crippen molar-refractivity contribution in [1.82, 2.24) is 0 Å². The molecule has 3 heteroatoms. The average molecular weight is 680 g/mol. The van der Waals surface area contributed by atoms with Gasteiger partial charge in [-0.25, -0.2) is 0 Å². The smallest absolute Gasteiger partial charge is 0.0540 e. The Hall–Kier alpha value is -7.10. The molecular weight excluding hydrogens is 643 g/mol. The monoisotopic (exact) mass is 679 g/mol. The van der Waals surface area contributed by atoms with E-state index in [1.54, 1.807) is 0 Å². The van der Waals surface area contributed by atoms with Gasteiger partial charge in [-0.05, 0) is 108 Å². The predicted octanol–water partition coefficient (Wildman–Crippen LogP) is 14.4. The first-order valence-corrected chi connectivity index (χ1v) is 18.0. The summed E-state index contributed by atoms with van der Waals surface area (Å²) in [5.74, 6) is 0. The van der Waals surface area contributed by atoms with E-state index in [9.17, 15) is 0 Å². The van der Waals surface area contributed by atoms with Gasteiger partial charge in [0.1, 0.15) is 0 Å². The molecule has 0 N–H and O–H groups in total. The third-order valence-corrected chi connectivity index (χ3v) is 9.79. The molecule has 0 bridgehead atoms. The Bertz CT molecular complexity index is 2550. The second kappa shape index (κ2) is 14.3. The van der Waals surface area contributed by atoms with Crippen LogP contribution in [0.25, 0.3) is 21.5 Å². The van der Waals surface area contributed by atoms with Crippen molar-refractivity contribution >= 4 is 72.7 Å². The van der Waals surface area contributed by atoms with E-state index in [0.29, 0.717) is 0 Å². The van der Waals surface area contributed by atoms with E-state index in [2.05, 4.69) is 239 Å². The zero-order valence-corrected chi connectivity index (χ0v) is 29.2. The Balaban J connectivity index is 1.16. The van der Waals surface area contributed by atoms with Crippen molar-refractivity contribution in [3.05, 3.63) is 224 Å². The van der Waals surface area contributed by atoms with E-state index in [1.165, 1.54) is 21.5 Å². The molecule has 53 heavy (non-hydrogen) atoms. The minimum Gasteiger partial charge on any atom is -0.311 e. The van der Waals surface area contributed by atoms with Gasteiger partial charge < -0.3 is 14.7 Å². The van der Waals surface area contributed by atoms with Crippen LogP contribution < -0.4 is 14.7 Å². The lowest BCUT2D eigenvalue weighted by Gasteiger charge is -2.30. The fourth-order valence-electron chi connectivity index (χ4n) is 7.34. The molecule has 0 fully saturated rings. The first kappa shape index (κ1) is 31.9. The summed E-state index contributed by atoms with van der Waals surface area (Å²) >= 11 is 0. The second-order valence-corrected chi connectivity index (χ2v) is 13.0. The van der Waals surface area contributed by atoms with Crippen LogP contribution in [0.5, 0.6) is 0 Å². The van der Waals surface area contributed by atoms with Crippen molar-refractivity contribution in [3.63, 3.8) is 0 Å². The van der Waals surface area contributed by atoms with Crippen molar-refractivity contribution < 1.29 is 0 Å². The zero-order valence-electron chi connectivity index (χ0n) is 29.2. The lowest BCUT2D eigenvalue weighted by molar-refractivity contribution is 1.25. The highest BCUT2D eigenvalue weighted by molar-refractivity contribution is 6.01. The minimum atomic E-state index is 1.08. The Morgan fingerprint density at radius 2 is 0.453 bits per heavy atom. The van der Waals surface area contributed by atoms with Gasteiger partial charge in [-0.3, -0.25) is 0 Å². The number of rotatable bonds is 9. The third-order valence-electron chi connectivity index (χ3n) is 9.79. The number of para-hydroxylation sites is 3. The Labute approximate surface area is 310 Å². The van der Waals surface area contributed by atoms with Crippen LogP contribution in [0, 0.1) is 0 Å². The summed E-state index contributed by atoms with van der Waals surface area (Å²) in [7, 11) is 0. The first-order chi connectivity index (χ1) is 26.3. The highest BCUT2D eigenvalue weighted by Crippen LogP contribution is 2.44. The molecule has 0 aliphatic carbocycles. The van der Waals surface area contributed by atoms with Crippen molar-refractivity contribution in [3.8, 4) is 0 Å². The number of nitrogens with zero attached hydrogens (tertiary/aromatic N) is 3. The summed E-state index contributed by atoms with van der Waals surface area (Å²) in [4.78, 5) is 7.02. The van der Waals surface area contributed by atoms with Gasteiger partial charge in [-0.1, -0.05) is 127 Å². The quantitative estimate of drug-likeness (QED) is 0.150. The molecule has 9 aromatic rings. The van der Waals surface area contributed by atoms with E-state index in [0.717, 1.165) is 51.2 Å². The van der Waals surface area contributed by atoms with Gasteiger partial charge >= 0.3 is 0 Å². The Kier molecular flexibility index (Phi) is 8.57. The summed E-state index contributed by atoms with van der Waals surface area (Å²) in [6.07, 6.45) is 0. The van der Waals surface area contributed by atoms with E-state index in [-0.39, 0.29) is 0 Å². The van der Waals surface area contributed by atoms with Crippen LogP contribution in [0.15, 0.2) is 224 Å². The molecule has 252 valence electrons. The lowest BCUT2D eigenvalue weighted by Crippen LogP contribution is -2.13. The Morgan fingerprint density at radius 1 is 0.189 bits per heavy atom. The summed E-state index contributed by atoms with van der Waals surface area (Å²) in [5, 5.41) is 4.82. The van der Waals surface area contributed by atoms with Crippen LogP contribution in [0.1, 0.15) is 0 Å². The molecule has 0 atom stereocenters. The maximum atomic E-state index is 2.37. The van der Waals surface area contributed by atoms with Crippen molar-refractivity contribution in [1.29, 1.82) is 0 Å². The molecular formula is C50H37N3. The van der Waals surface area contributed by atoms with Crippen molar-refractivity contribution in [2.75, 3.05) is 14.7 Å². The summed E-state index contributed by atoms with van der Waals surface area (Å²) in [5.41, 5.74) is 9.94. The molecule has 0 aliphatic heterocycles. The molecule has 0 heterocycles. The van der Waals surface area contributed by atoms with Gasteiger partial charge in [0.2, 0.25) is 0 Å². The van der Waals surface area contributed by atoms with E-state index < -0.39 is 0 Å². The Morgan fingerprint density at radius 3 is 0.830 bits per heavy atom. The zero-order chi connectivity index (χ0) is 35.4. The third kappa shape index (κ3) is 6.26. The summed E-state index contributed by atoms with van der Waals surface area (Å²) in [6, 6.07) is 79.9. The fourth-order valence-corrected chi connectivity index (χ4v) is 7.34. The summed E-state index contributed by atoms with van der Waals surface area (Å²) < 4.78 is 0. The highest BCUT2D eigenvalue weighted by atomic mass is 15.2. The molecule has 9 rings (SSSR count). The second-order valence-electron chi connectivity index (χ2n) is 13.0. The lowest BCUT2D eigenvalue weighted by atomic mass is 10.1. The van der Waals surface area contributed by atoms with Crippen LogP contribution >= 0.6 is 0 Å². The number of anilines is 9. The normalized spacial score (nSPS) is 11.0. The van der Waals surface area contributed by atoms with Crippen LogP contribution in [-0.2, 0) is 0 Å².